The Labute approximate surface area is 109 Å². The Hall–Kier alpha value is -1.51. The number of carbonyl (C=O) groups is 1. The minimum absolute atomic E-state index is 0.135. The van der Waals surface area contributed by atoms with Gasteiger partial charge in [0.2, 0.25) is 0 Å². The summed E-state index contributed by atoms with van der Waals surface area (Å²) in [5.74, 6) is 0.913. The Bertz CT molecular complexity index is 393. The number of amides is 1. The minimum Gasteiger partial charge on any atom is -0.481 e. The molecule has 1 aliphatic heterocycles. The van der Waals surface area contributed by atoms with Gasteiger partial charge in [-0.15, -0.1) is 0 Å². The lowest BCUT2D eigenvalue weighted by Gasteiger charge is -2.23. The van der Waals surface area contributed by atoms with Gasteiger partial charge in [-0.25, -0.2) is 0 Å². The summed E-state index contributed by atoms with van der Waals surface area (Å²) in [6, 6.07) is 7.86. The molecular formula is C15H21NO2. The fourth-order valence-corrected chi connectivity index (χ4v) is 2.23. The van der Waals surface area contributed by atoms with E-state index in [1.165, 1.54) is 5.56 Å². The molecule has 3 heteroatoms. The molecule has 0 spiro atoms. The number of hydrogen-bond acceptors (Lipinski definition) is 2. The van der Waals surface area contributed by atoms with Crippen molar-refractivity contribution in [1.29, 1.82) is 0 Å². The fourth-order valence-electron chi connectivity index (χ4n) is 2.23. The van der Waals surface area contributed by atoms with E-state index in [0.717, 1.165) is 31.7 Å². The molecule has 1 amide bonds. The summed E-state index contributed by atoms with van der Waals surface area (Å²) in [5.41, 5.74) is 1.20. The van der Waals surface area contributed by atoms with Crippen LogP contribution in [0.15, 0.2) is 24.3 Å². The maximum atomic E-state index is 12.2. The lowest BCUT2D eigenvalue weighted by atomic mass is 10.2. The van der Waals surface area contributed by atoms with Crippen molar-refractivity contribution in [3.63, 3.8) is 0 Å². The Balaban J connectivity index is 2.00. The summed E-state index contributed by atoms with van der Waals surface area (Å²) >= 11 is 0. The van der Waals surface area contributed by atoms with Gasteiger partial charge in [0.25, 0.3) is 5.91 Å². The Kier molecular flexibility index (Phi) is 4.24. The molecule has 2 rings (SSSR count). The van der Waals surface area contributed by atoms with Crippen molar-refractivity contribution < 1.29 is 9.53 Å². The fraction of sp³-hybridized carbons (Fsp3) is 0.533. The largest absolute Gasteiger partial charge is 0.481 e. The summed E-state index contributed by atoms with van der Waals surface area (Å²) in [6.07, 6.45) is 2.61. The third-order valence-corrected chi connectivity index (χ3v) is 3.36. The molecule has 1 heterocycles. The van der Waals surface area contributed by atoms with E-state index in [-0.39, 0.29) is 12.0 Å². The van der Waals surface area contributed by atoms with E-state index >= 15 is 0 Å². The van der Waals surface area contributed by atoms with E-state index in [2.05, 4.69) is 0 Å². The van der Waals surface area contributed by atoms with Gasteiger partial charge in [0.15, 0.2) is 6.10 Å². The highest BCUT2D eigenvalue weighted by molar-refractivity contribution is 5.81. The molecule has 0 aliphatic carbocycles. The number of hydrogen-bond donors (Lipinski definition) is 0. The van der Waals surface area contributed by atoms with Crippen LogP contribution < -0.4 is 4.74 Å². The SMILES string of the molecule is CCC(Oc1ccc(C)cc1)C(=O)N1CCCC1. The van der Waals surface area contributed by atoms with Crippen molar-refractivity contribution in [1.82, 2.24) is 4.90 Å². The summed E-state index contributed by atoms with van der Waals surface area (Å²) in [5, 5.41) is 0. The van der Waals surface area contributed by atoms with Crippen LogP contribution in [0.3, 0.4) is 0 Å². The molecule has 0 saturated carbocycles. The van der Waals surface area contributed by atoms with E-state index in [9.17, 15) is 4.79 Å². The van der Waals surface area contributed by atoms with Gasteiger partial charge in [-0.1, -0.05) is 24.6 Å². The van der Waals surface area contributed by atoms with Gasteiger partial charge in [0.1, 0.15) is 5.75 Å². The van der Waals surface area contributed by atoms with E-state index in [1.54, 1.807) is 0 Å². The number of likely N-dealkylation sites (tertiary alicyclic amines) is 1. The Morgan fingerprint density at radius 2 is 1.89 bits per heavy atom. The molecule has 3 nitrogen and oxygen atoms in total. The van der Waals surface area contributed by atoms with Crippen molar-refractivity contribution in [2.24, 2.45) is 0 Å². The standard InChI is InChI=1S/C15H21NO2/c1-3-14(15(17)16-10-4-5-11-16)18-13-8-6-12(2)7-9-13/h6-9,14H,3-5,10-11H2,1-2H3. The maximum absolute atomic E-state index is 12.2. The van der Waals surface area contributed by atoms with Crippen molar-refractivity contribution in [3.05, 3.63) is 29.8 Å². The molecule has 1 unspecified atom stereocenters. The van der Waals surface area contributed by atoms with Crippen LogP contribution in [0.2, 0.25) is 0 Å². The quantitative estimate of drug-likeness (QED) is 0.818. The molecular weight excluding hydrogens is 226 g/mol. The number of benzene rings is 1. The van der Waals surface area contributed by atoms with E-state index in [0.29, 0.717) is 6.42 Å². The molecule has 1 aliphatic rings. The number of carbonyl (C=O) groups excluding carboxylic acids is 1. The summed E-state index contributed by atoms with van der Waals surface area (Å²) in [7, 11) is 0. The van der Waals surface area contributed by atoms with Crippen LogP contribution in [0.4, 0.5) is 0 Å². The molecule has 0 radical (unpaired) electrons. The van der Waals surface area contributed by atoms with Crippen LogP contribution in [0.5, 0.6) is 5.75 Å². The van der Waals surface area contributed by atoms with Crippen LogP contribution in [-0.4, -0.2) is 30.0 Å². The van der Waals surface area contributed by atoms with Crippen molar-refractivity contribution in [2.75, 3.05) is 13.1 Å². The van der Waals surface area contributed by atoms with Crippen LogP contribution in [0.25, 0.3) is 0 Å². The second-order valence-corrected chi connectivity index (χ2v) is 4.86. The predicted molar refractivity (Wildman–Crippen MR) is 71.7 cm³/mol. The molecule has 18 heavy (non-hydrogen) atoms. The first-order valence-electron chi connectivity index (χ1n) is 6.73. The second kappa shape index (κ2) is 5.89. The smallest absolute Gasteiger partial charge is 0.263 e. The molecule has 0 aromatic heterocycles. The van der Waals surface area contributed by atoms with E-state index in [4.69, 9.17) is 4.74 Å². The van der Waals surface area contributed by atoms with E-state index in [1.807, 2.05) is 43.0 Å². The molecule has 1 atom stereocenters. The lowest BCUT2D eigenvalue weighted by Crippen LogP contribution is -2.40. The third-order valence-electron chi connectivity index (χ3n) is 3.36. The summed E-state index contributed by atoms with van der Waals surface area (Å²) < 4.78 is 5.80. The lowest BCUT2D eigenvalue weighted by molar-refractivity contribution is -0.137. The highest BCUT2D eigenvalue weighted by Crippen LogP contribution is 2.17. The highest BCUT2D eigenvalue weighted by Gasteiger charge is 2.26. The number of nitrogens with zero attached hydrogens (tertiary/aromatic N) is 1. The molecule has 0 bridgehead atoms. The molecule has 1 aromatic carbocycles. The van der Waals surface area contributed by atoms with Gasteiger partial charge in [-0.3, -0.25) is 4.79 Å². The monoisotopic (exact) mass is 247 g/mol. The van der Waals surface area contributed by atoms with Crippen molar-refractivity contribution >= 4 is 5.91 Å². The van der Waals surface area contributed by atoms with Crippen molar-refractivity contribution in [3.8, 4) is 5.75 Å². The number of ether oxygens (including phenoxy) is 1. The van der Waals surface area contributed by atoms with Crippen LogP contribution in [0.1, 0.15) is 31.7 Å². The van der Waals surface area contributed by atoms with Crippen LogP contribution in [0, 0.1) is 6.92 Å². The zero-order chi connectivity index (χ0) is 13.0. The zero-order valence-corrected chi connectivity index (χ0v) is 11.2. The minimum atomic E-state index is -0.342. The first-order valence-corrected chi connectivity index (χ1v) is 6.73. The average Bonchev–Trinajstić information content (AvgIpc) is 2.91. The van der Waals surface area contributed by atoms with Gasteiger partial charge in [0.05, 0.1) is 0 Å². The maximum Gasteiger partial charge on any atom is 0.263 e. The van der Waals surface area contributed by atoms with Gasteiger partial charge in [0, 0.05) is 13.1 Å². The first kappa shape index (κ1) is 12.9. The van der Waals surface area contributed by atoms with Gasteiger partial charge in [-0.2, -0.15) is 0 Å². The summed E-state index contributed by atoms with van der Waals surface area (Å²) in [6.45, 7) is 5.79. The molecule has 1 saturated heterocycles. The molecule has 1 aromatic rings. The molecule has 1 fully saturated rings. The molecule has 98 valence electrons. The van der Waals surface area contributed by atoms with Gasteiger partial charge in [-0.05, 0) is 38.3 Å². The van der Waals surface area contributed by atoms with Gasteiger partial charge >= 0.3 is 0 Å². The van der Waals surface area contributed by atoms with Gasteiger partial charge < -0.3 is 9.64 Å². The second-order valence-electron chi connectivity index (χ2n) is 4.86. The Morgan fingerprint density at radius 1 is 1.28 bits per heavy atom. The molecule has 0 N–H and O–H groups in total. The number of aryl methyl sites for hydroxylation is 1. The zero-order valence-electron chi connectivity index (χ0n) is 11.2. The van der Waals surface area contributed by atoms with E-state index < -0.39 is 0 Å². The van der Waals surface area contributed by atoms with Crippen LogP contribution >= 0.6 is 0 Å². The van der Waals surface area contributed by atoms with Crippen molar-refractivity contribution in [2.45, 2.75) is 39.2 Å². The highest BCUT2D eigenvalue weighted by atomic mass is 16.5. The topological polar surface area (TPSA) is 29.5 Å². The predicted octanol–water partition coefficient (Wildman–Crippen LogP) is 2.77. The number of rotatable bonds is 4. The summed E-state index contributed by atoms with van der Waals surface area (Å²) in [4.78, 5) is 14.2. The third kappa shape index (κ3) is 3.03. The normalized spacial score (nSPS) is 16.7. The van der Waals surface area contributed by atoms with Crippen LogP contribution in [-0.2, 0) is 4.79 Å². The average molecular weight is 247 g/mol. The Morgan fingerprint density at radius 3 is 2.44 bits per heavy atom. The first-order chi connectivity index (χ1) is 8.70.